The number of sulfonamides is 1. The maximum Gasteiger partial charge on any atom is 0.261 e. The van der Waals surface area contributed by atoms with Crippen molar-refractivity contribution in [1.29, 1.82) is 0 Å². The molecule has 0 saturated carbocycles. The molecule has 0 bridgehead atoms. The van der Waals surface area contributed by atoms with Crippen LogP contribution in [0.5, 0.6) is 0 Å². The van der Waals surface area contributed by atoms with Crippen LogP contribution in [0.1, 0.15) is 10.4 Å². The van der Waals surface area contributed by atoms with E-state index in [0.717, 1.165) is 12.1 Å². The van der Waals surface area contributed by atoms with Gasteiger partial charge in [0.15, 0.2) is 0 Å². The van der Waals surface area contributed by atoms with Gasteiger partial charge in [-0.1, -0.05) is 29.3 Å². The predicted molar refractivity (Wildman–Crippen MR) is 108 cm³/mol. The monoisotopic (exact) mass is 456 g/mol. The van der Waals surface area contributed by atoms with Gasteiger partial charge in [-0.15, -0.1) is 0 Å². The molecule has 0 fully saturated rings. The molecule has 3 aromatic carbocycles. The van der Waals surface area contributed by atoms with Crippen molar-refractivity contribution < 1.29 is 22.0 Å². The Balaban J connectivity index is 1.81. The lowest BCUT2D eigenvalue weighted by molar-refractivity contribution is 0.102. The van der Waals surface area contributed by atoms with Crippen LogP contribution >= 0.6 is 23.2 Å². The lowest BCUT2D eigenvalue weighted by Crippen LogP contribution is -2.15. The van der Waals surface area contributed by atoms with Crippen LogP contribution in [0.2, 0.25) is 10.0 Å². The summed E-state index contributed by atoms with van der Waals surface area (Å²) in [5.74, 6) is -2.42. The molecule has 2 N–H and O–H groups in total. The van der Waals surface area contributed by atoms with E-state index < -0.39 is 27.6 Å². The molecule has 0 aliphatic carbocycles. The second-order valence-corrected chi connectivity index (χ2v) is 8.34. The SMILES string of the molecule is O=C(Nc1ccc(F)cc1F)c1cccc(NS(=O)(=O)c2ccc(Cl)c(Cl)c2)c1. The number of amides is 1. The molecule has 0 aromatic heterocycles. The number of carbonyl (C=O) groups is 1. The van der Waals surface area contributed by atoms with Crippen molar-refractivity contribution in [2.45, 2.75) is 4.90 Å². The summed E-state index contributed by atoms with van der Waals surface area (Å²) in [5, 5.41) is 2.58. The summed E-state index contributed by atoms with van der Waals surface area (Å²) in [7, 11) is -3.99. The molecule has 10 heteroatoms. The fourth-order valence-corrected chi connectivity index (χ4v) is 3.81. The second kappa shape index (κ2) is 8.36. The molecule has 0 spiro atoms. The molecule has 1 amide bonds. The number of rotatable bonds is 5. The van der Waals surface area contributed by atoms with Gasteiger partial charge >= 0.3 is 0 Å². The minimum atomic E-state index is -3.99. The Kier molecular flexibility index (Phi) is 6.07. The van der Waals surface area contributed by atoms with Crippen molar-refractivity contribution in [3.63, 3.8) is 0 Å². The van der Waals surface area contributed by atoms with Crippen LogP contribution in [0.15, 0.2) is 65.6 Å². The molecule has 0 heterocycles. The number of carbonyl (C=O) groups excluding carboxylic acids is 1. The lowest BCUT2D eigenvalue weighted by atomic mass is 10.2. The van der Waals surface area contributed by atoms with Crippen LogP contribution in [0.4, 0.5) is 20.2 Å². The molecular weight excluding hydrogens is 445 g/mol. The zero-order chi connectivity index (χ0) is 21.2. The van der Waals surface area contributed by atoms with E-state index in [0.29, 0.717) is 6.07 Å². The zero-order valence-corrected chi connectivity index (χ0v) is 16.7. The average molecular weight is 457 g/mol. The van der Waals surface area contributed by atoms with E-state index in [1.807, 2.05) is 0 Å². The Morgan fingerprint density at radius 2 is 1.66 bits per heavy atom. The first-order valence-electron chi connectivity index (χ1n) is 8.00. The Labute approximate surface area is 175 Å². The maximum absolute atomic E-state index is 13.7. The molecule has 29 heavy (non-hydrogen) atoms. The van der Waals surface area contributed by atoms with Gasteiger partial charge in [-0.25, -0.2) is 17.2 Å². The maximum atomic E-state index is 13.7. The summed E-state index contributed by atoms with van der Waals surface area (Å²) in [4.78, 5) is 12.2. The third kappa shape index (κ3) is 5.03. The molecule has 3 rings (SSSR count). The van der Waals surface area contributed by atoms with Crippen LogP contribution in [-0.2, 0) is 10.0 Å². The highest BCUT2D eigenvalue weighted by atomic mass is 35.5. The van der Waals surface area contributed by atoms with E-state index in [-0.39, 0.29) is 31.9 Å². The van der Waals surface area contributed by atoms with E-state index in [1.54, 1.807) is 0 Å². The molecular formula is C19H12Cl2F2N2O3S. The number of anilines is 2. The fourth-order valence-electron chi connectivity index (χ4n) is 2.37. The molecule has 3 aromatic rings. The summed E-state index contributed by atoms with van der Waals surface area (Å²) < 4.78 is 54.0. The van der Waals surface area contributed by atoms with Crippen molar-refractivity contribution in [2.24, 2.45) is 0 Å². The Morgan fingerprint density at radius 3 is 2.34 bits per heavy atom. The standard InChI is InChI=1S/C19H12Cl2F2N2O3S/c20-15-6-5-14(10-16(15)21)29(27,28)25-13-3-1-2-11(8-13)19(26)24-18-7-4-12(22)9-17(18)23/h1-10,25H,(H,24,26). The van der Waals surface area contributed by atoms with Gasteiger partial charge in [0.2, 0.25) is 0 Å². The molecule has 0 aliphatic heterocycles. The van der Waals surface area contributed by atoms with Gasteiger partial charge in [-0.3, -0.25) is 9.52 Å². The van der Waals surface area contributed by atoms with Gasteiger partial charge in [0, 0.05) is 17.3 Å². The van der Waals surface area contributed by atoms with Crippen molar-refractivity contribution in [3.8, 4) is 0 Å². The predicted octanol–water partition coefficient (Wildman–Crippen LogP) is 5.32. The zero-order valence-electron chi connectivity index (χ0n) is 14.4. The molecule has 0 aliphatic rings. The molecule has 0 saturated heterocycles. The normalized spacial score (nSPS) is 11.2. The van der Waals surface area contributed by atoms with Crippen molar-refractivity contribution in [2.75, 3.05) is 10.0 Å². The third-order valence-corrected chi connectivity index (χ3v) is 5.88. The number of hydrogen-bond acceptors (Lipinski definition) is 3. The first kappa shape index (κ1) is 21.0. The van der Waals surface area contributed by atoms with E-state index >= 15 is 0 Å². The summed E-state index contributed by atoms with van der Waals surface area (Å²) >= 11 is 11.7. The van der Waals surface area contributed by atoms with Gasteiger partial charge in [0.05, 0.1) is 20.6 Å². The first-order chi connectivity index (χ1) is 13.7. The van der Waals surface area contributed by atoms with Gasteiger partial charge in [0.1, 0.15) is 11.6 Å². The molecule has 0 atom stereocenters. The largest absolute Gasteiger partial charge is 0.319 e. The van der Waals surface area contributed by atoms with Crippen molar-refractivity contribution in [1.82, 2.24) is 0 Å². The Bertz CT molecular complexity index is 1200. The topological polar surface area (TPSA) is 75.3 Å². The minimum Gasteiger partial charge on any atom is -0.319 e. The van der Waals surface area contributed by atoms with Crippen LogP contribution < -0.4 is 10.0 Å². The molecule has 150 valence electrons. The Hall–Kier alpha value is -2.68. The van der Waals surface area contributed by atoms with Gasteiger partial charge in [-0.05, 0) is 48.5 Å². The van der Waals surface area contributed by atoms with Crippen molar-refractivity contribution >= 4 is 50.5 Å². The minimum absolute atomic E-state index is 0.0584. The highest BCUT2D eigenvalue weighted by Crippen LogP contribution is 2.26. The Morgan fingerprint density at radius 1 is 0.897 bits per heavy atom. The number of hydrogen-bond donors (Lipinski definition) is 2. The summed E-state index contributed by atoms with van der Waals surface area (Å²) in [6.45, 7) is 0. The van der Waals surface area contributed by atoms with Crippen LogP contribution in [0, 0.1) is 11.6 Å². The number of benzene rings is 3. The summed E-state index contributed by atoms with van der Waals surface area (Å²) in [6, 6.07) is 12.1. The van der Waals surface area contributed by atoms with Crippen LogP contribution in [0.3, 0.4) is 0 Å². The summed E-state index contributed by atoms with van der Waals surface area (Å²) in [6.07, 6.45) is 0. The number of nitrogens with one attached hydrogen (secondary N) is 2. The van der Waals surface area contributed by atoms with E-state index in [4.69, 9.17) is 23.2 Å². The van der Waals surface area contributed by atoms with E-state index in [9.17, 15) is 22.0 Å². The third-order valence-electron chi connectivity index (χ3n) is 3.76. The quantitative estimate of drug-likeness (QED) is 0.544. The van der Waals surface area contributed by atoms with Gasteiger partial charge in [-0.2, -0.15) is 0 Å². The second-order valence-electron chi connectivity index (χ2n) is 5.84. The van der Waals surface area contributed by atoms with E-state index in [1.165, 1.54) is 42.5 Å². The smallest absolute Gasteiger partial charge is 0.261 e. The van der Waals surface area contributed by atoms with Crippen molar-refractivity contribution in [3.05, 3.63) is 87.9 Å². The van der Waals surface area contributed by atoms with Gasteiger partial charge < -0.3 is 5.32 Å². The molecule has 0 radical (unpaired) electrons. The highest BCUT2D eigenvalue weighted by molar-refractivity contribution is 7.92. The lowest BCUT2D eigenvalue weighted by Gasteiger charge is -2.11. The number of halogens is 4. The molecule has 0 unspecified atom stereocenters. The average Bonchev–Trinajstić information content (AvgIpc) is 2.66. The van der Waals surface area contributed by atoms with Crippen LogP contribution in [0.25, 0.3) is 0 Å². The van der Waals surface area contributed by atoms with E-state index in [2.05, 4.69) is 10.0 Å². The first-order valence-corrected chi connectivity index (χ1v) is 10.2. The van der Waals surface area contributed by atoms with Gasteiger partial charge in [0.25, 0.3) is 15.9 Å². The highest BCUT2D eigenvalue weighted by Gasteiger charge is 2.17. The molecule has 5 nitrogen and oxygen atoms in total. The summed E-state index contributed by atoms with van der Waals surface area (Å²) in [5.41, 5.74) is -0.0513. The fraction of sp³-hybridized carbons (Fsp3) is 0. The van der Waals surface area contributed by atoms with Crippen LogP contribution in [-0.4, -0.2) is 14.3 Å².